The van der Waals surface area contributed by atoms with E-state index in [1.807, 2.05) is 48.5 Å². The van der Waals surface area contributed by atoms with Crippen molar-refractivity contribution in [1.29, 1.82) is 0 Å². The van der Waals surface area contributed by atoms with Crippen LogP contribution in [-0.4, -0.2) is 22.1 Å². The quantitative estimate of drug-likeness (QED) is 0.365. The molecule has 5 nitrogen and oxygen atoms in total. The number of halogens is 1. The monoisotopic (exact) mass is 436 g/mol. The first-order valence-corrected chi connectivity index (χ1v) is 9.70. The number of amides is 1. The van der Waals surface area contributed by atoms with Gasteiger partial charge in [-0.2, -0.15) is 5.10 Å². The molecule has 132 valence electrons. The first-order chi connectivity index (χ1) is 13.2. The summed E-state index contributed by atoms with van der Waals surface area (Å²) in [4.78, 5) is 22.4. The van der Waals surface area contributed by atoms with Gasteiger partial charge in [-0.15, -0.1) is 11.3 Å². The number of nitrogens with zero attached hydrogens (tertiary/aromatic N) is 3. The normalized spacial score (nSPS) is 11.1. The number of aromatic nitrogens is 2. The summed E-state index contributed by atoms with van der Waals surface area (Å²) >= 11 is 4.94. The summed E-state index contributed by atoms with van der Waals surface area (Å²) in [7, 11) is 0. The first kappa shape index (κ1) is 17.5. The summed E-state index contributed by atoms with van der Waals surface area (Å²) in [5.74, 6) is -0.282. The summed E-state index contributed by atoms with van der Waals surface area (Å²) in [5.41, 5.74) is 5.50. The summed E-state index contributed by atoms with van der Waals surface area (Å²) in [6.45, 7) is 0. The minimum Gasteiger partial charge on any atom is -0.267 e. The van der Waals surface area contributed by atoms with Crippen LogP contribution in [0.15, 0.2) is 75.9 Å². The van der Waals surface area contributed by atoms with Crippen molar-refractivity contribution in [2.24, 2.45) is 5.10 Å². The van der Waals surface area contributed by atoms with Crippen LogP contribution in [0.25, 0.3) is 22.2 Å². The Hall–Kier alpha value is -2.90. The van der Waals surface area contributed by atoms with Gasteiger partial charge in [0, 0.05) is 28.2 Å². The zero-order chi connectivity index (χ0) is 18.6. The number of rotatable bonds is 4. The highest BCUT2D eigenvalue weighted by molar-refractivity contribution is 9.11. The second-order valence-electron chi connectivity index (χ2n) is 5.65. The maximum Gasteiger partial charge on any atom is 0.272 e. The Morgan fingerprint density at radius 1 is 1.11 bits per heavy atom. The largest absolute Gasteiger partial charge is 0.272 e. The molecule has 0 bridgehead atoms. The van der Waals surface area contributed by atoms with E-state index in [0.29, 0.717) is 11.3 Å². The lowest BCUT2D eigenvalue weighted by molar-refractivity contribution is 0.0957. The molecule has 0 aliphatic heterocycles. The standard InChI is InChI=1S/C20H13BrN4OS/c21-19-6-5-14(27-19)12-23-25-20(26)16-11-18(13-7-9-22-10-8-13)24-17-4-2-1-3-15(16)17/h1-12H,(H,25,26)/b23-12-. The first-order valence-electron chi connectivity index (χ1n) is 8.09. The molecule has 3 heterocycles. The Bertz CT molecular complexity index is 1140. The smallest absolute Gasteiger partial charge is 0.267 e. The molecule has 0 atom stereocenters. The highest BCUT2D eigenvalue weighted by Crippen LogP contribution is 2.24. The Kier molecular flexibility index (Phi) is 5.04. The second kappa shape index (κ2) is 7.77. The Balaban J connectivity index is 1.69. The number of para-hydroxylation sites is 1. The molecule has 0 saturated heterocycles. The van der Waals surface area contributed by atoms with E-state index in [1.54, 1.807) is 24.7 Å². The van der Waals surface area contributed by atoms with Gasteiger partial charge in [-0.05, 0) is 52.3 Å². The number of carbonyl (C=O) groups is 1. The van der Waals surface area contributed by atoms with Gasteiger partial charge in [-0.25, -0.2) is 10.4 Å². The number of fused-ring (bicyclic) bond motifs is 1. The van der Waals surface area contributed by atoms with E-state index in [4.69, 9.17) is 0 Å². The van der Waals surface area contributed by atoms with Crippen LogP contribution in [-0.2, 0) is 0 Å². The molecule has 3 aromatic heterocycles. The average Bonchev–Trinajstić information content (AvgIpc) is 3.12. The van der Waals surface area contributed by atoms with Gasteiger partial charge in [0.15, 0.2) is 0 Å². The molecule has 0 radical (unpaired) electrons. The number of hydrogen-bond acceptors (Lipinski definition) is 5. The van der Waals surface area contributed by atoms with Crippen molar-refractivity contribution in [3.05, 3.63) is 81.2 Å². The van der Waals surface area contributed by atoms with Crippen LogP contribution in [0, 0.1) is 0 Å². The van der Waals surface area contributed by atoms with Crippen LogP contribution in [0.4, 0.5) is 0 Å². The highest BCUT2D eigenvalue weighted by Gasteiger charge is 2.13. The predicted octanol–water partition coefficient (Wildman–Crippen LogP) is 4.88. The van der Waals surface area contributed by atoms with Gasteiger partial charge in [0.2, 0.25) is 0 Å². The molecule has 1 N–H and O–H groups in total. The summed E-state index contributed by atoms with van der Waals surface area (Å²) in [6, 6.07) is 16.9. The van der Waals surface area contributed by atoms with Crippen LogP contribution < -0.4 is 5.43 Å². The molecule has 0 unspecified atom stereocenters. The fraction of sp³-hybridized carbons (Fsp3) is 0. The number of thiophene rings is 1. The van der Waals surface area contributed by atoms with Crippen molar-refractivity contribution in [1.82, 2.24) is 15.4 Å². The van der Waals surface area contributed by atoms with E-state index in [1.165, 1.54) is 11.3 Å². The number of carbonyl (C=O) groups excluding carboxylic acids is 1. The third-order valence-electron chi connectivity index (χ3n) is 3.89. The fourth-order valence-corrected chi connectivity index (χ4v) is 3.94. The minimum absolute atomic E-state index is 0.282. The lowest BCUT2D eigenvalue weighted by Gasteiger charge is -2.08. The van der Waals surface area contributed by atoms with Crippen LogP contribution in [0.1, 0.15) is 15.2 Å². The van der Waals surface area contributed by atoms with E-state index in [2.05, 4.69) is 36.4 Å². The van der Waals surface area contributed by atoms with Crippen molar-refractivity contribution in [2.45, 2.75) is 0 Å². The van der Waals surface area contributed by atoms with Gasteiger partial charge in [-0.3, -0.25) is 9.78 Å². The summed E-state index contributed by atoms with van der Waals surface area (Å²) in [5, 5.41) is 4.85. The van der Waals surface area contributed by atoms with E-state index in [9.17, 15) is 4.79 Å². The molecule has 0 spiro atoms. The van der Waals surface area contributed by atoms with Gasteiger partial charge in [-0.1, -0.05) is 18.2 Å². The van der Waals surface area contributed by atoms with Crippen molar-refractivity contribution in [3.63, 3.8) is 0 Å². The molecule has 1 aromatic carbocycles. The molecule has 0 aliphatic rings. The molecule has 4 aromatic rings. The topological polar surface area (TPSA) is 67.2 Å². The van der Waals surface area contributed by atoms with E-state index >= 15 is 0 Å². The summed E-state index contributed by atoms with van der Waals surface area (Å²) < 4.78 is 1.01. The molecule has 7 heteroatoms. The fourth-order valence-electron chi connectivity index (χ4n) is 2.65. The Morgan fingerprint density at radius 3 is 2.70 bits per heavy atom. The van der Waals surface area contributed by atoms with Gasteiger partial charge in [0.1, 0.15) is 0 Å². The van der Waals surface area contributed by atoms with Gasteiger partial charge < -0.3 is 0 Å². The average molecular weight is 437 g/mol. The number of benzene rings is 1. The number of nitrogens with one attached hydrogen (secondary N) is 1. The summed E-state index contributed by atoms with van der Waals surface area (Å²) in [6.07, 6.45) is 5.03. The van der Waals surface area contributed by atoms with Gasteiger partial charge >= 0.3 is 0 Å². The highest BCUT2D eigenvalue weighted by atomic mass is 79.9. The molecular formula is C20H13BrN4OS. The van der Waals surface area contributed by atoms with Crippen LogP contribution >= 0.6 is 27.3 Å². The number of pyridine rings is 2. The van der Waals surface area contributed by atoms with Crippen molar-refractivity contribution >= 4 is 50.3 Å². The molecule has 0 saturated carbocycles. The molecule has 4 rings (SSSR count). The maximum atomic E-state index is 12.8. The third kappa shape index (κ3) is 3.94. The molecule has 27 heavy (non-hydrogen) atoms. The predicted molar refractivity (Wildman–Crippen MR) is 112 cm³/mol. The lowest BCUT2D eigenvalue weighted by Crippen LogP contribution is -2.18. The maximum absolute atomic E-state index is 12.8. The molecule has 1 amide bonds. The van der Waals surface area contributed by atoms with E-state index in [-0.39, 0.29) is 5.91 Å². The zero-order valence-corrected chi connectivity index (χ0v) is 16.4. The van der Waals surface area contributed by atoms with Crippen molar-refractivity contribution in [2.75, 3.05) is 0 Å². The van der Waals surface area contributed by atoms with Crippen LogP contribution in [0.2, 0.25) is 0 Å². The van der Waals surface area contributed by atoms with E-state index in [0.717, 1.165) is 25.1 Å². The van der Waals surface area contributed by atoms with Gasteiger partial charge in [0.25, 0.3) is 5.91 Å². The number of hydrazone groups is 1. The molecule has 0 aliphatic carbocycles. The van der Waals surface area contributed by atoms with Crippen LogP contribution in [0.3, 0.4) is 0 Å². The second-order valence-corrected chi connectivity index (χ2v) is 8.14. The van der Waals surface area contributed by atoms with Crippen LogP contribution in [0.5, 0.6) is 0 Å². The Morgan fingerprint density at radius 2 is 1.93 bits per heavy atom. The lowest BCUT2D eigenvalue weighted by atomic mass is 10.0. The third-order valence-corrected chi connectivity index (χ3v) is 5.45. The SMILES string of the molecule is O=C(N/N=C\c1ccc(Br)s1)c1cc(-c2ccncc2)nc2ccccc12. The van der Waals surface area contributed by atoms with E-state index < -0.39 is 0 Å². The molecular weight excluding hydrogens is 424 g/mol. The minimum atomic E-state index is -0.282. The van der Waals surface area contributed by atoms with Crippen molar-refractivity contribution < 1.29 is 4.79 Å². The van der Waals surface area contributed by atoms with Gasteiger partial charge in [0.05, 0.1) is 26.8 Å². The van der Waals surface area contributed by atoms with Crippen molar-refractivity contribution in [3.8, 4) is 11.3 Å². The zero-order valence-electron chi connectivity index (χ0n) is 14.0. The molecule has 0 fully saturated rings. The Labute approximate surface area is 167 Å². The number of hydrogen-bond donors (Lipinski definition) is 1.